The Labute approximate surface area is 313 Å². The molecule has 0 radical (unpaired) electrons. The molecule has 2 unspecified atom stereocenters. The zero-order valence-electron chi connectivity index (χ0n) is 30.9. The minimum absolute atomic E-state index is 0.0341. The third-order valence-corrected chi connectivity index (χ3v) is 11.5. The lowest BCUT2D eigenvalue weighted by Gasteiger charge is -2.40. The van der Waals surface area contributed by atoms with Gasteiger partial charge in [-0.1, -0.05) is 17.7 Å². The van der Waals surface area contributed by atoms with Crippen LogP contribution in [0.4, 0.5) is 14.9 Å². The largest absolute Gasteiger partial charge is 0.496 e. The van der Waals surface area contributed by atoms with Crippen LogP contribution in [0.25, 0.3) is 11.1 Å². The summed E-state index contributed by atoms with van der Waals surface area (Å²) in [6.45, 7) is 5.56. The first-order valence-corrected chi connectivity index (χ1v) is 18.5. The summed E-state index contributed by atoms with van der Waals surface area (Å²) in [5.41, 5.74) is 4.35. The number of piperidine rings is 3. The van der Waals surface area contributed by atoms with E-state index in [1.165, 1.54) is 17.7 Å². The van der Waals surface area contributed by atoms with E-state index >= 15 is 4.39 Å². The molecule has 284 valence electrons. The number of methoxy groups -OCH3 is 1. The predicted molar refractivity (Wildman–Crippen MR) is 201 cm³/mol. The van der Waals surface area contributed by atoms with Crippen molar-refractivity contribution in [1.29, 1.82) is 0 Å². The van der Waals surface area contributed by atoms with E-state index < -0.39 is 12.3 Å². The quantitative estimate of drug-likeness (QED) is 0.309. The van der Waals surface area contributed by atoms with Crippen molar-refractivity contribution >= 4 is 35.1 Å². The maximum atomic E-state index is 15.3. The van der Waals surface area contributed by atoms with Gasteiger partial charge in [0, 0.05) is 69.3 Å². The van der Waals surface area contributed by atoms with E-state index in [0.717, 1.165) is 16.7 Å². The fraction of sp³-hybridized carbons (Fsp3) is 0.487. The molecule has 6 rings (SSSR count). The van der Waals surface area contributed by atoms with Gasteiger partial charge in [0.25, 0.3) is 11.5 Å². The standard InChI is InChI=1S/C39H48ClFN6O6/c1-22-23(2)37(50)44(3)21-29(22)25-18-30(40)35(33(19-25)53-5)38(51)46-16-12-27(13-17-46)45(4)39(52)47-14-10-24(11-15-47)28-7-6-26(20-31(28)41)42-32-8-9-34(48)43-36(32)49/h6-7,18-21,24,27,32,34,42,48H,8-17H2,1-5H3,(H,43,49). The smallest absolute Gasteiger partial charge is 0.319 e. The van der Waals surface area contributed by atoms with Crippen LogP contribution in [0.5, 0.6) is 5.75 Å². The van der Waals surface area contributed by atoms with E-state index in [1.807, 2.05) is 11.8 Å². The molecule has 4 amide bonds. The molecule has 3 saturated heterocycles. The lowest BCUT2D eigenvalue weighted by atomic mass is 9.89. The number of benzene rings is 2. The Hall–Kier alpha value is -4.62. The SMILES string of the molecule is COc1cc(-c2cn(C)c(=O)c(C)c2C)cc(Cl)c1C(=O)N1CCC(N(C)C(=O)N2CCC(c3ccc(NC4CCC(O)NC4=O)cc3F)CC2)CC1. The number of aromatic nitrogens is 1. The van der Waals surface area contributed by atoms with E-state index in [2.05, 4.69) is 10.6 Å². The molecule has 3 aliphatic heterocycles. The molecule has 0 aliphatic carbocycles. The zero-order valence-corrected chi connectivity index (χ0v) is 31.6. The summed E-state index contributed by atoms with van der Waals surface area (Å²) in [7, 11) is 5.00. The average molecular weight is 751 g/mol. The normalized spacial score (nSPS) is 19.9. The lowest BCUT2D eigenvalue weighted by molar-refractivity contribution is -0.127. The lowest BCUT2D eigenvalue weighted by Crippen LogP contribution is -2.52. The highest BCUT2D eigenvalue weighted by atomic mass is 35.5. The highest BCUT2D eigenvalue weighted by Crippen LogP contribution is 2.37. The number of aliphatic hydroxyl groups excluding tert-OH is 1. The first kappa shape index (κ1) is 38.1. The third-order valence-electron chi connectivity index (χ3n) is 11.2. The minimum Gasteiger partial charge on any atom is -0.496 e. The first-order chi connectivity index (χ1) is 25.3. The number of ether oxygens (including phenoxy) is 1. The van der Waals surface area contributed by atoms with Crippen LogP contribution in [-0.4, -0.2) is 101 Å². The van der Waals surface area contributed by atoms with Crippen LogP contribution in [0, 0.1) is 19.7 Å². The van der Waals surface area contributed by atoms with Crippen LogP contribution >= 0.6 is 11.6 Å². The number of amides is 4. The number of carbonyl (C=O) groups excluding carboxylic acids is 3. The van der Waals surface area contributed by atoms with Gasteiger partial charge in [0.2, 0.25) is 5.91 Å². The highest BCUT2D eigenvalue weighted by Gasteiger charge is 2.34. The van der Waals surface area contributed by atoms with E-state index in [4.69, 9.17) is 16.3 Å². The van der Waals surface area contributed by atoms with Crippen molar-refractivity contribution in [1.82, 2.24) is 24.6 Å². The number of hydrogen-bond donors (Lipinski definition) is 3. The molecule has 12 nitrogen and oxygen atoms in total. The maximum absolute atomic E-state index is 15.3. The summed E-state index contributed by atoms with van der Waals surface area (Å²) in [6.07, 6.45) is 4.25. The number of rotatable bonds is 7. The maximum Gasteiger partial charge on any atom is 0.319 e. The highest BCUT2D eigenvalue weighted by molar-refractivity contribution is 6.34. The van der Waals surface area contributed by atoms with Gasteiger partial charge >= 0.3 is 6.03 Å². The Morgan fingerprint density at radius 1 is 0.981 bits per heavy atom. The molecule has 0 saturated carbocycles. The number of hydrogen-bond acceptors (Lipinski definition) is 7. The van der Waals surface area contributed by atoms with Crippen molar-refractivity contribution in [3.63, 3.8) is 0 Å². The van der Waals surface area contributed by atoms with Gasteiger partial charge < -0.3 is 39.7 Å². The summed E-state index contributed by atoms with van der Waals surface area (Å²) in [6, 6.07) is 7.79. The monoisotopic (exact) mass is 750 g/mol. The molecule has 14 heteroatoms. The molecular weight excluding hydrogens is 703 g/mol. The van der Waals surface area contributed by atoms with Crippen LogP contribution in [0.15, 0.2) is 41.3 Å². The fourth-order valence-corrected chi connectivity index (χ4v) is 8.12. The second kappa shape index (κ2) is 15.8. The number of aryl methyl sites for hydroxylation is 1. The summed E-state index contributed by atoms with van der Waals surface area (Å²) in [5, 5.41) is 15.4. The number of pyridine rings is 1. The number of aliphatic hydroxyl groups is 1. The summed E-state index contributed by atoms with van der Waals surface area (Å²) in [4.78, 5) is 57.3. The van der Waals surface area contributed by atoms with Gasteiger partial charge in [-0.15, -0.1) is 0 Å². The molecule has 53 heavy (non-hydrogen) atoms. The van der Waals surface area contributed by atoms with Gasteiger partial charge in [-0.3, -0.25) is 14.4 Å². The minimum atomic E-state index is -0.850. The molecular formula is C39H48ClFN6O6. The van der Waals surface area contributed by atoms with Gasteiger partial charge in [0.15, 0.2) is 0 Å². The molecule has 4 heterocycles. The molecule has 3 aromatic rings. The molecule has 2 aromatic carbocycles. The molecule has 3 N–H and O–H groups in total. The van der Waals surface area contributed by atoms with Crippen molar-refractivity contribution in [3.05, 3.63) is 80.0 Å². The van der Waals surface area contributed by atoms with Crippen LogP contribution in [0.3, 0.4) is 0 Å². The molecule has 0 bridgehead atoms. The average Bonchev–Trinajstić information content (AvgIpc) is 3.15. The van der Waals surface area contributed by atoms with Gasteiger partial charge in [-0.2, -0.15) is 0 Å². The van der Waals surface area contributed by atoms with Crippen molar-refractivity contribution in [2.24, 2.45) is 7.05 Å². The summed E-state index contributed by atoms with van der Waals surface area (Å²) in [5.74, 6) is -0.584. The molecule has 2 atom stereocenters. The van der Waals surface area contributed by atoms with Gasteiger partial charge in [0.1, 0.15) is 29.4 Å². The van der Waals surface area contributed by atoms with Crippen LogP contribution in [0.2, 0.25) is 5.02 Å². The Bertz CT molecular complexity index is 1960. The summed E-state index contributed by atoms with van der Waals surface area (Å²) >= 11 is 6.76. The number of likely N-dealkylation sites (tertiary alicyclic amines) is 2. The second-order valence-corrected chi connectivity index (χ2v) is 14.9. The Morgan fingerprint density at radius 2 is 1.66 bits per heavy atom. The van der Waals surface area contributed by atoms with Crippen molar-refractivity contribution < 1.29 is 28.6 Å². The van der Waals surface area contributed by atoms with Crippen molar-refractivity contribution in [3.8, 4) is 16.9 Å². The Morgan fingerprint density at radius 3 is 2.30 bits per heavy atom. The van der Waals surface area contributed by atoms with E-state index in [1.54, 1.807) is 61.3 Å². The number of halogens is 2. The number of urea groups is 1. The van der Waals surface area contributed by atoms with Crippen LogP contribution < -0.4 is 20.9 Å². The summed E-state index contributed by atoms with van der Waals surface area (Å²) < 4.78 is 22.4. The third kappa shape index (κ3) is 7.87. The number of nitrogens with one attached hydrogen (secondary N) is 2. The second-order valence-electron chi connectivity index (χ2n) is 14.5. The van der Waals surface area contributed by atoms with Crippen LogP contribution in [-0.2, 0) is 11.8 Å². The number of nitrogens with zero attached hydrogens (tertiary/aromatic N) is 4. The Kier molecular flexibility index (Phi) is 11.3. The number of carbonyl (C=O) groups is 3. The van der Waals surface area contributed by atoms with E-state index in [0.29, 0.717) is 87.3 Å². The zero-order chi connectivity index (χ0) is 38.1. The van der Waals surface area contributed by atoms with E-state index in [-0.39, 0.29) is 51.8 Å². The predicted octanol–water partition coefficient (Wildman–Crippen LogP) is 5.02. The van der Waals surface area contributed by atoms with Crippen LogP contribution in [0.1, 0.15) is 71.5 Å². The molecule has 3 fully saturated rings. The Balaban J connectivity index is 1.03. The first-order valence-electron chi connectivity index (χ1n) is 18.2. The van der Waals surface area contributed by atoms with Crippen molar-refractivity contribution in [2.45, 2.75) is 76.6 Å². The molecule has 1 aromatic heterocycles. The number of anilines is 1. The van der Waals surface area contributed by atoms with Gasteiger partial charge in [-0.25, -0.2) is 9.18 Å². The van der Waals surface area contributed by atoms with Crippen molar-refractivity contribution in [2.75, 3.05) is 45.7 Å². The molecule has 0 spiro atoms. The van der Waals surface area contributed by atoms with E-state index in [9.17, 15) is 24.3 Å². The molecule has 3 aliphatic rings. The topological polar surface area (TPSA) is 136 Å². The fourth-order valence-electron chi connectivity index (χ4n) is 7.83. The van der Waals surface area contributed by atoms with Gasteiger partial charge in [0.05, 0.1) is 12.1 Å². The van der Waals surface area contributed by atoms with Gasteiger partial charge in [-0.05, 0) is 99.2 Å².